The molecule has 84 valence electrons. The topological polar surface area (TPSA) is 35.0 Å². The van der Waals surface area contributed by atoms with E-state index in [1.165, 1.54) is 7.11 Å². The Labute approximate surface area is 85.3 Å². The minimum absolute atomic E-state index is 0.0548. The van der Waals surface area contributed by atoms with Gasteiger partial charge in [-0.2, -0.15) is 18.2 Å². The highest BCUT2D eigenvalue weighted by Crippen LogP contribution is 2.29. The van der Waals surface area contributed by atoms with Crippen molar-refractivity contribution in [2.75, 3.05) is 7.11 Å². The molecule has 0 aromatic carbocycles. The third-order valence-electron chi connectivity index (χ3n) is 1.72. The highest BCUT2D eigenvalue weighted by molar-refractivity contribution is 5.18. The number of methoxy groups -OCH3 is 1. The van der Waals surface area contributed by atoms with Crippen molar-refractivity contribution in [3.8, 4) is 5.88 Å². The predicted octanol–water partition coefficient (Wildman–Crippen LogP) is 2.46. The molecule has 0 unspecified atom stereocenters. The van der Waals surface area contributed by atoms with E-state index in [1.54, 1.807) is 0 Å². The fourth-order valence-electron chi connectivity index (χ4n) is 1.06. The molecule has 0 radical (unpaired) electrons. The van der Waals surface area contributed by atoms with Crippen molar-refractivity contribution in [1.82, 2.24) is 9.97 Å². The Morgan fingerprint density at radius 3 is 2.47 bits per heavy atom. The van der Waals surface area contributed by atoms with Crippen LogP contribution in [0, 0.1) is 0 Å². The van der Waals surface area contributed by atoms with E-state index in [9.17, 15) is 13.2 Å². The maximum atomic E-state index is 12.4. The SMILES string of the molecule is CCCc1nc(OC)cc(C(F)(F)F)n1. The summed E-state index contributed by atoms with van der Waals surface area (Å²) >= 11 is 0. The molecule has 1 rings (SSSR count). The lowest BCUT2D eigenvalue weighted by molar-refractivity contribution is -0.141. The summed E-state index contributed by atoms with van der Waals surface area (Å²) in [6.07, 6.45) is -3.37. The molecule has 0 spiro atoms. The second kappa shape index (κ2) is 4.46. The quantitative estimate of drug-likeness (QED) is 0.784. The van der Waals surface area contributed by atoms with Crippen molar-refractivity contribution >= 4 is 0 Å². The van der Waals surface area contributed by atoms with Crippen molar-refractivity contribution in [3.63, 3.8) is 0 Å². The van der Waals surface area contributed by atoms with Crippen LogP contribution in [0.1, 0.15) is 24.9 Å². The van der Waals surface area contributed by atoms with E-state index < -0.39 is 11.9 Å². The van der Waals surface area contributed by atoms with E-state index in [-0.39, 0.29) is 11.7 Å². The van der Waals surface area contributed by atoms with E-state index in [4.69, 9.17) is 0 Å². The molecule has 0 bridgehead atoms. The maximum Gasteiger partial charge on any atom is 0.433 e. The van der Waals surface area contributed by atoms with Crippen LogP contribution in [0.4, 0.5) is 13.2 Å². The van der Waals surface area contributed by atoms with Crippen LogP contribution in [0.3, 0.4) is 0 Å². The van der Waals surface area contributed by atoms with Crippen molar-refractivity contribution in [2.45, 2.75) is 25.9 Å². The van der Waals surface area contributed by atoms with E-state index >= 15 is 0 Å². The second-order valence-corrected chi connectivity index (χ2v) is 2.96. The first-order valence-corrected chi connectivity index (χ1v) is 4.46. The molecular formula is C9H11F3N2O. The number of rotatable bonds is 3. The molecular weight excluding hydrogens is 209 g/mol. The number of ether oxygens (including phenoxy) is 1. The Kier molecular flexibility index (Phi) is 3.49. The van der Waals surface area contributed by atoms with Crippen molar-refractivity contribution in [2.24, 2.45) is 0 Å². The molecule has 6 heteroatoms. The van der Waals surface area contributed by atoms with Gasteiger partial charge in [-0.1, -0.05) is 6.92 Å². The summed E-state index contributed by atoms with van der Waals surface area (Å²) in [5.41, 5.74) is -0.960. The van der Waals surface area contributed by atoms with Gasteiger partial charge in [0.15, 0.2) is 5.69 Å². The van der Waals surface area contributed by atoms with E-state index in [2.05, 4.69) is 14.7 Å². The Balaban J connectivity index is 3.11. The Hall–Kier alpha value is -1.33. The van der Waals surface area contributed by atoms with Crippen LogP contribution < -0.4 is 4.74 Å². The van der Waals surface area contributed by atoms with Gasteiger partial charge in [-0.15, -0.1) is 0 Å². The maximum absolute atomic E-state index is 12.4. The van der Waals surface area contributed by atoms with Crippen LogP contribution in [-0.2, 0) is 12.6 Å². The summed E-state index contributed by atoms with van der Waals surface area (Å²) < 4.78 is 41.8. The van der Waals surface area contributed by atoms with Crippen molar-refractivity contribution < 1.29 is 17.9 Å². The molecule has 0 aliphatic carbocycles. The Morgan fingerprint density at radius 2 is 2.00 bits per heavy atom. The summed E-state index contributed by atoms with van der Waals surface area (Å²) in [6.45, 7) is 1.84. The van der Waals surface area contributed by atoms with Gasteiger partial charge in [0.2, 0.25) is 5.88 Å². The van der Waals surface area contributed by atoms with Crippen molar-refractivity contribution in [3.05, 3.63) is 17.6 Å². The third-order valence-corrected chi connectivity index (χ3v) is 1.72. The van der Waals surface area contributed by atoms with Crippen LogP contribution in [0.15, 0.2) is 6.07 Å². The molecule has 0 atom stereocenters. The zero-order valence-corrected chi connectivity index (χ0v) is 8.43. The lowest BCUT2D eigenvalue weighted by Crippen LogP contribution is -2.11. The van der Waals surface area contributed by atoms with E-state index in [1.807, 2.05) is 6.92 Å². The molecule has 3 nitrogen and oxygen atoms in total. The molecule has 15 heavy (non-hydrogen) atoms. The number of alkyl halides is 3. The highest BCUT2D eigenvalue weighted by Gasteiger charge is 2.33. The minimum atomic E-state index is -4.46. The summed E-state index contributed by atoms with van der Waals surface area (Å²) in [5.74, 6) is 0.102. The molecule has 1 aromatic heterocycles. The number of hydrogen-bond acceptors (Lipinski definition) is 3. The van der Waals surface area contributed by atoms with Gasteiger partial charge in [-0.05, 0) is 6.42 Å². The highest BCUT2D eigenvalue weighted by atomic mass is 19.4. The molecule has 0 amide bonds. The zero-order chi connectivity index (χ0) is 11.5. The predicted molar refractivity (Wildman–Crippen MR) is 47.6 cm³/mol. The second-order valence-electron chi connectivity index (χ2n) is 2.96. The number of aromatic nitrogens is 2. The van der Waals surface area contributed by atoms with Crippen LogP contribution in [0.5, 0.6) is 5.88 Å². The number of nitrogens with zero attached hydrogens (tertiary/aromatic N) is 2. The van der Waals surface area contributed by atoms with Gasteiger partial charge >= 0.3 is 6.18 Å². The fraction of sp³-hybridized carbons (Fsp3) is 0.556. The van der Waals surface area contributed by atoms with Crippen molar-refractivity contribution in [1.29, 1.82) is 0 Å². The van der Waals surface area contributed by atoms with Gasteiger partial charge in [0.05, 0.1) is 7.11 Å². The summed E-state index contributed by atoms with van der Waals surface area (Å²) in [5, 5.41) is 0. The molecule has 1 aromatic rings. The molecule has 0 N–H and O–H groups in total. The first-order valence-electron chi connectivity index (χ1n) is 4.46. The van der Waals surface area contributed by atoms with Crippen LogP contribution in [-0.4, -0.2) is 17.1 Å². The Bertz CT molecular complexity index is 339. The number of hydrogen-bond donors (Lipinski definition) is 0. The molecule has 0 saturated heterocycles. The largest absolute Gasteiger partial charge is 0.481 e. The average molecular weight is 220 g/mol. The van der Waals surface area contributed by atoms with Crippen LogP contribution in [0.2, 0.25) is 0 Å². The summed E-state index contributed by atoms with van der Waals surface area (Å²) in [4.78, 5) is 7.25. The van der Waals surface area contributed by atoms with Gasteiger partial charge < -0.3 is 4.74 Å². The molecule has 0 saturated carbocycles. The molecule has 1 heterocycles. The first kappa shape index (κ1) is 11.7. The Morgan fingerprint density at radius 1 is 1.33 bits per heavy atom. The smallest absolute Gasteiger partial charge is 0.433 e. The first-order chi connectivity index (χ1) is 6.97. The van der Waals surface area contributed by atoms with Crippen LogP contribution >= 0.6 is 0 Å². The minimum Gasteiger partial charge on any atom is -0.481 e. The summed E-state index contributed by atoms with van der Waals surface area (Å²) in [7, 11) is 1.28. The lowest BCUT2D eigenvalue weighted by atomic mass is 10.3. The summed E-state index contributed by atoms with van der Waals surface area (Å²) in [6, 6.07) is 0.791. The van der Waals surface area contributed by atoms with E-state index in [0.717, 1.165) is 6.07 Å². The van der Waals surface area contributed by atoms with Gasteiger partial charge in [0.1, 0.15) is 5.82 Å². The van der Waals surface area contributed by atoms with Gasteiger partial charge in [0.25, 0.3) is 0 Å². The molecule has 0 aliphatic heterocycles. The standard InChI is InChI=1S/C9H11F3N2O/c1-3-4-7-13-6(9(10,11)12)5-8(14-7)15-2/h5H,3-4H2,1-2H3. The monoisotopic (exact) mass is 220 g/mol. The van der Waals surface area contributed by atoms with Gasteiger partial charge in [0, 0.05) is 12.5 Å². The lowest BCUT2D eigenvalue weighted by Gasteiger charge is -2.09. The van der Waals surface area contributed by atoms with E-state index in [0.29, 0.717) is 12.8 Å². The normalized spacial score (nSPS) is 11.5. The number of aryl methyl sites for hydroxylation is 1. The molecule has 0 aliphatic rings. The van der Waals surface area contributed by atoms with Crippen LogP contribution in [0.25, 0.3) is 0 Å². The molecule has 0 fully saturated rings. The van der Waals surface area contributed by atoms with Gasteiger partial charge in [-0.3, -0.25) is 0 Å². The van der Waals surface area contributed by atoms with Gasteiger partial charge in [-0.25, -0.2) is 4.98 Å². The fourth-order valence-corrected chi connectivity index (χ4v) is 1.06. The average Bonchev–Trinajstić information content (AvgIpc) is 2.16. The zero-order valence-electron chi connectivity index (χ0n) is 8.43. The third kappa shape index (κ3) is 3.07. The number of halogens is 3.